The van der Waals surface area contributed by atoms with Crippen LogP contribution in [0.4, 0.5) is 11.9 Å². The molecule has 1 aromatic heterocycles. The van der Waals surface area contributed by atoms with Crippen LogP contribution < -0.4 is 16.2 Å². The van der Waals surface area contributed by atoms with Gasteiger partial charge in [0.2, 0.25) is 11.9 Å². The van der Waals surface area contributed by atoms with E-state index in [9.17, 15) is 0 Å². The van der Waals surface area contributed by atoms with Gasteiger partial charge >= 0.3 is 0 Å². The first-order chi connectivity index (χ1) is 10.6. The number of benzene rings is 2. The summed E-state index contributed by atoms with van der Waals surface area (Å²) in [6, 6.07) is 14.4. The highest BCUT2D eigenvalue weighted by molar-refractivity contribution is 6.30. The molecule has 0 fully saturated rings. The van der Waals surface area contributed by atoms with E-state index in [2.05, 4.69) is 15.0 Å². The zero-order valence-corrected chi connectivity index (χ0v) is 12.2. The molecule has 0 saturated carbocycles. The third-order valence-electron chi connectivity index (χ3n) is 2.83. The molecule has 6 nitrogen and oxygen atoms in total. The summed E-state index contributed by atoms with van der Waals surface area (Å²) in [5, 5.41) is 0.660. The second kappa shape index (κ2) is 5.87. The number of anilines is 2. The highest BCUT2D eigenvalue weighted by atomic mass is 35.5. The zero-order chi connectivity index (χ0) is 15.5. The lowest BCUT2D eigenvalue weighted by Crippen LogP contribution is -2.04. The molecular weight excluding hydrogens is 302 g/mol. The van der Waals surface area contributed by atoms with Gasteiger partial charge in [0.05, 0.1) is 0 Å². The SMILES string of the molecule is Nc1nc(N)nc(-c2ccc(Oc3ccc(Cl)cc3)cc2)n1. The van der Waals surface area contributed by atoms with Crippen LogP contribution in [0.25, 0.3) is 11.4 Å². The lowest BCUT2D eigenvalue weighted by Gasteiger charge is -2.07. The molecule has 0 saturated heterocycles. The standard InChI is InChI=1S/C15H12ClN5O/c16-10-3-7-12(8-4-10)22-11-5-1-9(2-6-11)13-19-14(17)21-15(18)20-13/h1-8H,(H4,17,18,19,20,21). The number of nitrogens with zero attached hydrogens (tertiary/aromatic N) is 3. The van der Waals surface area contributed by atoms with Gasteiger partial charge in [-0.1, -0.05) is 11.6 Å². The van der Waals surface area contributed by atoms with E-state index in [1.54, 1.807) is 36.4 Å². The van der Waals surface area contributed by atoms with E-state index in [1.807, 2.05) is 12.1 Å². The smallest absolute Gasteiger partial charge is 0.225 e. The van der Waals surface area contributed by atoms with Gasteiger partial charge in [0, 0.05) is 10.6 Å². The Morgan fingerprint density at radius 3 is 1.77 bits per heavy atom. The van der Waals surface area contributed by atoms with Gasteiger partial charge in [-0.15, -0.1) is 0 Å². The van der Waals surface area contributed by atoms with Crippen LogP contribution in [0.15, 0.2) is 48.5 Å². The summed E-state index contributed by atoms with van der Waals surface area (Å²) in [5.41, 5.74) is 11.9. The number of nitrogens with two attached hydrogens (primary N) is 2. The van der Waals surface area contributed by atoms with Crippen molar-refractivity contribution >= 4 is 23.5 Å². The van der Waals surface area contributed by atoms with Crippen LogP contribution in [0.3, 0.4) is 0 Å². The third-order valence-corrected chi connectivity index (χ3v) is 3.08. The number of aromatic nitrogens is 3. The first-order valence-electron chi connectivity index (χ1n) is 6.41. The fourth-order valence-electron chi connectivity index (χ4n) is 1.85. The van der Waals surface area contributed by atoms with Crippen LogP contribution in [0.5, 0.6) is 11.5 Å². The molecule has 0 atom stereocenters. The molecule has 22 heavy (non-hydrogen) atoms. The molecule has 0 radical (unpaired) electrons. The summed E-state index contributed by atoms with van der Waals surface area (Å²) in [4.78, 5) is 11.8. The van der Waals surface area contributed by atoms with Crippen LogP contribution >= 0.6 is 11.6 Å². The topological polar surface area (TPSA) is 99.9 Å². The maximum absolute atomic E-state index is 5.83. The number of halogens is 1. The highest BCUT2D eigenvalue weighted by Gasteiger charge is 2.05. The maximum Gasteiger partial charge on any atom is 0.225 e. The van der Waals surface area contributed by atoms with Crippen molar-refractivity contribution in [2.24, 2.45) is 0 Å². The van der Waals surface area contributed by atoms with E-state index in [4.69, 9.17) is 27.8 Å². The summed E-state index contributed by atoms with van der Waals surface area (Å²) in [5.74, 6) is 1.97. The quantitative estimate of drug-likeness (QED) is 0.770. The molecule has 7 heteroatoms. The monoisotopic (exact) mass is 313 g/mol. The fourth-order valence-corrected chi connectivity index (χ4v) is 1.98. The Morgan fingerprint density at radius 1 is 0.727 bits per heavy atom. The summed E-state index contributed by atoms with van der Waals surface area (Å²) in [7, 11) is 0. The molecule has 0 aliphatic rings. The molecule has 0 aliphatic carbocycles. The van der Waals surface area contributed by atoms with Gasteiger partial charge in [-0.2, -0.15) is 15.0 Å². The predicted octanol–water partition coefficient (Wildman–Crippen LogP) is 3.15. The minimum absolute atomic E-state index is 0.0870. The van der Waals surface area contributed by atoms with Crippen LogP contribution in [0.1, 0.15) is 0 Å². The second-order valence-electron chi connectivity index (χ2n) is 4.46. The molecule has 0 aliphatic heterocycles. The van der Waals surface area contributed by atoms with Crippen molar-refractivity contribution in [3.63, 3.8) is 0 Å². The molecule has 3 rings (SSSR count). The summed E-state index contributed by atoms with van der Waals surface area (Å²) in [6.07, 6.45) is 0. The Bertz CT molecular complexity index is 770. The van der Waals surface area contributed by atoms with Crippen LogP contribution in [0, 0.1) is 0 Å². The van der Waals surface area contributed by atoms with Gasteiger partial charge < -0.3 is 16.2 Å². The Balaban J connectivity index is 1.81. The molecule has 0 amide bonds. The summed E-state index contributed by atoms with van der Waals surface area (Å²) in [6.45, 7) is 0. The second-order valence-corrected chi connectivity index (χ2v) is 4.89. The van der Waals surface area contributed by atoms with E-state index in [0.29, 0.717) is 22.3 Å². The number of hydrogen-bond donors (Lipinski definition) is 2. The Kier molecular flexibility index (Phi) is 3.76. The number of rotatable bonds is 3. The minimum Gasteiger partial charge on any atom is -0.457 e. The zero-order valence-electron chi connectivity index (χ0n) is 11.4. The van der Waals surface area contributed by atoms with E-state index in [0.717, 1.165) is 5.56 Å². The van der Waals surface area contributed by atoms with Gasteiger partial charge in [0.1, 0.15) is 11.5 Å². The van der Waals surface area contributed by atoms with Crippen molar-refractivity contribution in [3.05, 3.63) is 53.6 Å². The lowest BCUT2D eigenvalue weighted by molar-refractivity contribution is 0.483. The van der Waals surface area contributed by atoms with Crippen LogP contribution in [-0.4, -0.2) is 15.0 Å². The first kappa shape index (κ1) is 14.1. The average Bonchev–Trinajstić information content (AvgIpc) is 2.49. The van der Waals surface area contributed by atoms with Crippen molar-refractivity contribution in [3.8, 4) is 22.9 Å². The van der Waals surface area contributed by atoms with Crippen LogP contribution in [-0.2, 0) is 0 Å². The van der Waals surface area contributed by atoms with Gasteiger partial charge in [-0.3, -0.25) is 0 Å². The maximum atomic E-state index is 5.83. The molecule has 0 spiro atoms. The molecule has 1 heterocycles. The normalized spacial score (nSPS) is 10.4. The largest absolute Gasteiger partial charge is 0.457 e. The molecule has 3 aromatic rings. The van der Waals surface area contributed by atoms with Crippen molar-refractivity contribution < 1.29 is 4.74 Å². The van der Waals surface area contributed by atoms with E-state index >= 15 is 0 Å². The average molecular weight is 314 g/mol. The highest BCUT2D eigenvalue weighted by Crippen LogP contribution is 2.25. The Morgan fingerprint density at radius 2 is 1.23 bits per heavy atom. The third kappa shape index (κ3) is 3.24. The lowest BCUT2D eigenvalue weighted by atomic mass is 10.2. The summed E-state index contributed by atoms with van der Waals surface area (Å²) >= 11 is 5.83. The van der Waals surface area contributed by atoms with Gasteiger partial charge in [0.25, 0.3) is 0 Å². The molecular formula is C15H12ClN5O. The minimum atomic E-state index is 0.0870. The number of ether oxygens (including phenoxy) is 1. The van der Waals surface area contributed by atoms with Crippen LogP contribution in [0.2, 0.25) is 5.02 Å². The first-order valence-corrected chi connectivity index (χ1v) is 6.79. The van der Waals surface area contributed by atoms with E-state index < -0.39 is 0 Å². The molecule has 110 valence electrons. The molecule has 4 N–H and O–H groups in total. The fraction of sp³-hybridized carbons (Fsp3) is 0. The van der Waals surface area contributed by atoms with E-state index in [1.165, 1.54) is 0 Å². The van der Waals surface area contributed by atoms with Gasteiger partial charge in [0.15, 0.2) is 5.82 Å². The molecule has 0 bridgehead atoms. The Labute approximate surface area is 131 Å². The van der Waals surface area contributed by atoms with Crippen molar-refractivity contribution in [1.29, 1.82) is 0 Å². The van der Waals surface area contributed by atoms with Crippen molar-refractivity contribution in [2.45, 2.75) is 0 Å². The Hall–Kier alpha value is -2.86. The molecule has 2 aromatic carbocycles. The van der Waals surface area contributed by atoms with Gasteiger partial charge in [-0.05, 0) is 48.5 Å². The van der Waals surface area contributed by atoms with E-state index in [-0.39, 0.29) is 11.9 Å². The number of nitrogen functional groups attached to an aromatic ring is 2. The van der Waals surface area contributed by atoms with Gasteiger partial charge in [-0.25, -0.2) is 0 Å². The molecule has 0 unspecified atom stereocenters. The van der Waals surface area contributed by atoms with Crippen molar-refractivity contribution in [2.75, 3.05) is 11.5 Å². The number of hydrogen-bond acceptors (Lipinski definition) is 6. The summed E-state index contributed by atoms with van der Waals surface area (Å²) < 4.78 is 5.71. The van der Waals surface area contributed by atoms with Crippen molar-refractivity contribution in [1.82, 2.24) is 15.0 Å². The predicted molar refractivity (Wildman–Crippen MR) is 85.6 cm³/mol.